The molecule has 1 saturated heterocycles. The molecule has 2 aliphatic carbocycles. The van der Waals surface area contributed by atoms with Gasteiger partial charge in [0.05, 0.1) is 24.6 Å². The Bertz CT molecular complexity index is 1090. The highest BCUT2D eigenvalue weighted by atomic mass is 35.5. The highest BCUT2D eigenvalue weighted by Gasteiger charge is 2.61. The summed E-state index contributed by atoms with van der Waals surface area (Å²) in [6.45, 7) is 0. The van der Waals surface area contributed by atoms with E-state index in [0.717, 1.165) is 12.0 Å². The Hall–Kier alpha value is -3.12. The molecule has 164 valence electrons. The molecule has 0 radical (unpaired) electrons. The number of rotatable bonds is 6. The predicted octanol–water partition coefficient (Wildman–Crippen LogP) is 3.71. The molecule has 7 heteroatoms. The molecular formula is C25H23ClN2O4. The van der Waals surface area contributed by atoms with E-state index < -0.39 is 11.9 Å². The van der Waals surface area contributed by atoms with Gasteiger partial charge in [-0.25, -0.2) is 0 Å². The number of benzene rings is 2. The minimum atomic E-state index is -0.967. The van der Waals surface area contributed by atoms with E-state index in [0.29, 0.717) is 16.5 Å². The zero-order valence-corrected chi connectivity index (χ0v) is 18.3. The van der Waals surface area contributed by atoms with E-state index in [1.54, 1.807) is 18.2 Å². The van der Waals surface area contributed by atoms with Gasteiger partial charge >= 0.3 is 0 Å². The monoisotopic (exact) mass is 450 g/mol. The van der Waals surface area contributed by atoms with Gasteiger partial charge in [0.2, 0.25) is 17.7 Å². The fraction of sp³-hybridized carbons (Fsp3) is 0.320. The van der Waals surface area contributed by atoms with Crippen LogP contribution in [0.25, 0.3) is 0 Å². The Kier molecular flexibility index (Phi) is 5.25. The second kappa shape index (κ2) is 8.10. The molecule has 1 heterocycles. The molecule has 5 atom stereocenters. The smallest absolute Gasteiger partial charge is 0.248 e. The first-order valence-corrected chi connectivity index (χ1v) is 11.1. The van der Waals surface area contributed by atoms with E-state index in [1.807, 2.05) is 42.5 Å². The molecule has 2 aromatic carbocycles. The van der Waals surface area contributed by atoms with Gasteiger partial charge in [0.25, 0.3) is 0 Å². The van der Waals surface area contributed by atoms with Crippen LogP contribution in [0.4, 0.5) is 5.69 Å². The number of carbonyl (C=O) groups is 3. The van der Waals surface area contributed by atoms with Crippen LogP contribution < -0.4 is 10.1 Å². The fourth-order valence-electron chi connectivity index (χ4n) is 5.37. The Morgan fingerprint density at radius 3 is 2.38 bits per heavy atom. The number of anilines is 1. The summed E-state index contributed by atoms with van der Waals surface area (Å²) >= 11 is 6.11. The van der Waals surface area contributed by atoms with Crippen LogP contribution in [0.1, 0.15) is 12.0 Å². The Balaban J connectivity index is 1.48. The summed E-state index contributed by atoms with van der Waals surface area (Å²) < 4.78 is 5.33. The number of likely N-dealkylation sites (tertiary alicyclic amines) is 1. The summed E-state index contributed by atoms with van der Waals surface area (Å²) in [5.41, 5.74) is 1.26. The third kappa shape index (κ3) is 3.39. The maximum absolute atomic E-state index is 13.5. The van der Waals surface area contributed by atoms with Crippen molar-refractivity contribution in [2.24, 2.45) is 23.7 Å². The molecule has 0 unspecified atom stereocenters. The van der Waals surface area contributed by atoms with Crippen LogP contribution in [-0.2, 0) is 20.8 Å². The molecule has 0 spiro atoms. The molecule has 2 aromatic rings. The van der Waals surface area contributed by atoms with Gasteiger partial charge in [-0.05, 0) is 42.0 Å². The lowest BCUT2D eigenvalue weighted by atomic mass is 9.85. The zero-order chi connectivity index (χ0) is 22.4. The summed E-state index contributed by atoms with van der Waals surface area (Å²) in [6, 6.07) is 13.3. The van der Waals surface area contributed by atoms with Gasteiger partial charge in [0, 0.05) is 11.4 Å². The third-order valence-corrected chi connectivity index (χ3v) is 7.05. The average molecular weight is 451 g/mol. The highest BCUT2D eigenvalue weighted by molar-refractivity contribution is 6.31. The highest BCUT2D eigenvalue weighted by Crippen LogP contribution is 2.53. The molecule has 2 fully saturated rings. The molecule has 5 rings (SSSR count). The largest absolute Gasteiger partial charge is 0.495 e. The summed E-state index contributed by atoms with van der Waals surface area (Å²) in [4.78, 5) is 41.5. The van der Waals surface area contributed by atoms with Gasteiger partial charge in [-0.1, -0.05) is 54.1 Å². The van der Waals surface area contributed by atoms with Gasteiger partial charge in [-0.2, -0.15) is 0 Å². The number of amides is 3. The molecule has 6 nitrogen and oxygen atoms in total. The molecule has 32 heavy (non-hydrogen) atoms. The van der Waals surface area contributed by atoms with Crippen LogP contribution in [0, 0.1) is 23.7 Å². The van der Waals surface area contributed by atoms with E-state index in [2.05, 4.69) is 5.32 Å². The van der Waals surface area contributed by atoms with Crippen molar-refractivity contribution in [3.05, 3.63) is 71.3 Å². The lowest BCUT2D eigenvalue weighted by molar-refractivity contribution is -0.147. The van der Waals surface area contributed by atoms with Gasteiger partial charge in [-0.15, -0.1) is 0 Å². The molecule has 2 bridgehead atoms. The van der Waals surface area contributed by atoms with Crippen molar-refractivity contribution >= 4 is 35.0 Å². The van der Waals surface area contributed by atoms with Gasteiger partial charge in [0.15, 0.2) is 0 Å². The van der Waals surface area contributed by atoms with E-state index in [4.69, 9.17) is 16.3 Å². The lowest BCUT2D eigenvalue weighted by Crippen LogP contribution is -2.49. The minimum absolute atomic E-state index is 0.0833. The van der Waals surface area contributed by atoms with Crippen molar-refractivity contribution in [2.75, 3.05) is 12.4 Å². The van der Waals surface area contributed by atoms with E-state index in [1.165, 1.54) is 12.0 Å². The van der Waals surface area contributed by atoms with Crippen LogP contribution in [0.3, 0.4) is 0 Å². The number of hydrogen-bond acceptors (Lipinski definition) is 4. The zero-order valence-electron chi connectivity index (χ0n) is 17.5. The molecule has 1 saturated carbocycles. The number of methoxy groups -OCH3 is 1. The summed E-state index contributed by atoms with van der Waals surface area (Å²) in [5, 5.41) is 3.27. The number of allylic oxidation sites excluding steroid dienone is 2. The van der Waals surface area contributed by atoms with Crippen LogP contribution in [-0.4, -0.2) is 35.8 Å². The summed E-state index contributed by atoms with van der Waals surface area (Å²) in [6.07, 6.45) is 5.17. The second-order valence-electron chi connectivity index (χ2n) is 8.59. The van der Waals surface area contributed by atoms with Gasteiger partial charge in [0.1, 0.15) is 11.8 Å². The Labute approximate surface area is 191 Å². The van der Waals surface area contributed by atoms with Crippen molar-refractivity contribution in [1.82, 2.24) is 4.90 Å². The SMILES string of the molecule is COc1ccc(Cl)cc1NC(=O)[C@@H](Cc1ccccc1)N1C(=O)[C@@H]2[C@@H](C1=O)[C@H]1C=C[C@H]2C1. The van der Waals surface area contributed by atoms with Crippen molar-refractivity contribution in [2.45, 2.75) is 18.9 Å². The van der Waals surface area contributed by atoms with Crippen LogP contribution in [0.2, 0.25) is 5.02 Å². The predicted molar refractivity (Wildman–Crippen MR) is 120 cm³/mol. The molecule has 0 aromatic heterocycles. The van der Waals surface area contributed by atoms with Gasteiger partial charge < -0.3 is 10.1 Å². The quantitative estimate of drug-likeness (QED) is 0.537. The number of ether oxygens (including phenoxy) is 1. The van der Waals surface area contributed by atoms with Crippen LogP contribution in [0.15, 0.2) is 60.7 Å². The maximum atomic E-state index is 13.5. The Morgan fingerprint density at radius 2 is 1.75 bits per heavy atom. The molecule has 3 amide bonds. The van der Waals surface area contributed by atoms with Crippen molar-refractivity contribution in [3.63, 3.8) is 0 Å². The minimum Gasteiger partial charge on any atom is -0.495 e. The van der Waals surface area contributed by atoms with Crippen molar-refractivity contribution in [1.29, 1.82) is 0 Å². The fourth-order valence-corrected chi connectivity index (χ4v) is 5.54. The summed E-state index contributed by atoms with van der Waals surface area (Å²) in [7, 11) is 1.50. The summed E-state index contributed by atoms with van der Waals surface area (Å²) in [5.74, 6) is -1.04. The maximum Gasteiger partial charge on any atom is 0.248 e. The lowest BCUT2D eigenvalue weighted by Gasteiger charge is -2.27. The van der Waals surface area contributed by atoms with E-state index >= 15 is 0 Å². The normalized spacial score (nSPS) is 26.4. The molecular weight excluding hydrogens is 428 g/mol. The molecule has 1 aliphatic heterocycles. The van der Waals surface area contributed by atoms with Crippen LogP contribution >= 0.6 is 11.6 Å². The first-order chi connectivity index (χ1) is 15.5. The second-order valence-corrected chi connectivity index (χ2v) is 9.02. The number of carbonyl (C=O) groups excluding carboxylic acids is 3. The number of halogens is 1. The van der Waals surface area contributed by atoms with Crippen LogP contribution in [0.5, 0.6) is 5.75 Å². The average Bonchev–Trinajstić information content (AvgIpc) is 3.47. The number of hydrogen-bond donors (Lipinski definition) is 1. The first-order valence-electron chi connectivity index (χ1n) is 10.7. The number of imide groups is 1. The van der Waals surface area contributed by atoms with Gasteiger partial charge in [-0.3, -0.25) is 19.3 Å². The number of fused-ring (bicyclic) bond motifs is 5. The first kappa shape index (κ1) is 20.8. The van der Waals surface area contributed by atoms with E-state index in [-0.39, 0.29) is 41.9 Å². The molecule has 1 N–H and O–H groups in total. The number of nitrogens with zero attached hydrogens (tertiary/aromatic N) is 1. The standard InChI is InChI=1S/C25H23ClN2O4/c1-32-20-10-9-17(26)13-18(20)27-23(29)19(11-14-5-3-2-4-6-14)28-24(30)21-15-7-8-16(12-15)22(21)25(28)31/h2-10,13,15-16,19,21-22H,11-12H2,1H3,(H,27,29)/t15-,16-,19+,21-,22-/m0/s1. The number of nitrogens with one attached hydrogen (secondary N) is 1. The van der Waals surface area contributed by atoms with Crippen molar-refractivity contribution < 1.29 is 19.1 Å². The topological polar surface area (TPSA) is 75.7 Å². The molecule has 3 aliphatic rings. The Morgan fingerprint density at radius 1 is 1.09 bits per heavy atom. The van der Waals surface area contributed by atoms with Crippen molar-refractivity contribution in [3.8, 4) is 5.75 Å². The third-order valence-electron chi connectivity index (χ3n) is 6.81. The van der Waals surface area contributed by atoms with E-state index in [9.17, 15) is 14.4 Å².